The van der Waals surface area contributed by atoms with Crippen molar-refractivity contribution in [2.75, 3.05) is 0 Å². The molecule has 0 aromatic carbocycles. The molecular formula is C13H14N4. The SMILES string of the molecule is c1cc(-c2ccnc(CNC3CC3)n2)ccn1. The van der Waals surface area contributed by atoms with Crippen LogP contribution in [0.15, 0.2) is 36.8 Å². The molecule has 0 saturated heterocycles. The molecule has 1 fully saturated rings. The summed E-state index contributed by atoms with van der Waals surface area (Å²) in [5.41, 5.74) is 2.03. The smallest absolute Gasteiger partial charge is 0.142 e. The van der Waals surface area contributed by atoms with E-state index in [0.29, 0.717) is 6.04 Å². The highest BCUT2D eigenvalue weighted by Gasteiger charge is 2.20. The Morgan fingerprint density at radius 1 is 1.12 bits per heavy atom. The minimum absolute atomic E-state index is 0.684. The fourth-order valence-electron chi connectivity index (χ4n) is 1.69. The van der Waals surface area contributed by atoms with Crippen LogP contribution in [0.5, 0.6) is 0 Å². The molecule has 2 heterocycles. The molecule has 0 amide bonds. The number of nitrogens with one attached hydrogen (secondary N) is 1. The Hall–Kier alpha value is -1.81. The van der Waals surface area contributed by atoms with Gasteiger partial charge in [0.25, 0.3) is 0 Å². The van der Waals surface area contributed by atoms with Crippen LogP contribution in [-0.4, -0.2) is 21.0 Å². The first-order valence-electron chi connectivity index (χ1n) is 5.87. The lowest BCUT2D eigenvalue weighted by Crippen LogP contribution is -2.17. The molecule has 17 heavy (non-hydrogen) atoms. The van der Waals surface area contributed by atoms with E-state index in [0.717, 1.165) is 23.6 Å². The standard InChI is InChI=1S/C13H14N4/c1-2-11(1)16-9-13-15-8-5-12(17-13)10-3-6-14-7-4-10/h3-8,11,16H,1-2,9H2. The quantitative estimate of drug-likeness (QED) is 0.863. The first-order chi connectivity index (χ1) is 8.42. The topological polar surface area (TPSA) is 50.7 Å². The van der Waals surface area contributed by atoms with Gasteiger partial charge in [0.15, 0.2) is 0 Å². The minimum Gasteiger partial charge on any atom is -0.307 e. The molecular weight excluding hydrogens is 212 g/mol. The summed E-state index contributed by atoms with van der Waals surface area (Å²) in [6.07, 6.45) is 7.93. The highest BCUT2D eigenvalue weighted by atomic mass is 15.0. The Labute approximate surface area is 100 Å². The van der Waals surface area contributed by atoms with Crippen LogP contribution in [0.1, 0.15) is 18.7 Å². The number of hydrogen-bond donors (Lipinski definition) is 1. The van der Waals surface area contributed by atoms with Crippen LogP contribution in [-0.2, 0) is 6.54 Å². The van der Waals surface area contributed by atoms with Crippen LogP contribution < -0.4 is 5.32 Å². The summed E-state index contributed by atoms with van der Waals surface area (Å²) in [5, 5.41) is 3.41. The summed E-state index contributed by atoms with van der Waals surface area (Å²) in [7, 11) is 0. The Bertz CT molecular complexity index is 494. The van der Waals surface area contributed by atoms with Crippen LogP contribution in [0.4, 0.5) is 0 Å². The van der Waals surface area contributed by atoms with Crippen LogP contribution in [0.2, 0.25) is 0 Å². The van der Waals surface area contributed by atoms with E-state index in [1.54, 1.807) is 12.4 Å². The zero-order valence-electron chi connectivity index (χ0n) is 9.50. The summed E-state index contributed by atoms with van der Waals surface area (Å²) in [5.74, 6) is 0.853. The summed E-state index contributed by atoms with van der Waals surface area (Å²) in [6, 6.07) is 6.53. The number of hydrogen-bond acceptors (Lipinski definition) is 4. The van der Waals surface area contributed by atoms with Crippen molar-refractivity contribution in [3.8, 4) is 11.3 Å². The second-order valence-corrected chi connectivity index (χ2v) is 4.25. The van der Waals surface area contributed by atoms with Gasteiger partial charge >= 0.3 is 0 Å². The molecule has 2 aromatic rings. The molecule has 0 atom stereocenters. The second kappa shape index (κ2) is 4.59. The molecule has 1 aliphatic rings. The molecule has 4 nitrogen and oxygen atoms in total. The summed E-state index contributed by atoms with van der Waals surface area (Å²) in [6.45, 7) is 0.754. The predicted octanol–water partition coefficient (Wildman–Crippen LogP) is 1.79. The van der Waals surface area contributed by atoms with Crippen LogP contribution in [0, 0.1) is 0 Å². The average Bonchev–Trinajstić information content (AvgIpc) is 3.22. The first kappa shape index (κ1) is 10.4. The molecule has 0 unspecified atom stereocenters. The van der Waals surface area contributed by atoms with E-state index >= 15 is 0 Å². The number of nitrogens with zero attached hydrogens (tertiary/aromatic N) is 3. The van der Waals surface area contributed by atoms with Crippen molar-refractivity contribution in [3.63, 3.8) is 0 Å². The van der Waals surface area contributed by atoms with Crippen molar-refractivity contribution in [1.82, 2.24) is 20.3 Å². The van der Waals surface area contributed by atoms with Gasteiger partial charge in [0.2, 0.25) is 0 Å². The van der Waals surface area contributed by atoms with Crippen molar-refractivity contribution in [2.24, 2.45) is 0 Å². The molecule has 0 radical (unpaired) electrons. The Morgan fingerprint density at radius 3 is 2.71 bits per heavy atom. The van der Waals surface area contributed by atoms with E-state index in [1.807, 2.05) is 24.4 Å². The Balaban J connectivity index is 1.78. The highest BCUT2D eigenvalue weighted by molar-refractivity contribution is 5.57. The van der Waals surface area contributed by atoms with E-state index in [9.17, 15) is 0 Å². The maximum atomic E-state index is 4.54. The molecule has 3 rings (SSSR count). The van der Waals surface area contributed by atoms with E-state index in [-0.39, 0.29) is 0 Å². The highest BCUT2D eigenvalue weighted by Crippen LogP contribution is 2.19. The van der Waals surface area contributed by atoms with Gasteiger partial charge in [0.05, 0.1) is 12.2 Å². The monoisotopic (exact) mass is 226 g/mol. The number of rotatable bonds is 4. The summed E-state index contributed by atoms with van der Waals surface area (Å²) >= 11 is 0. The van der Waals surface area contributed by atoms with Gasteiger partial charge in [0.1, 0.15) is 5.82 Å². The van der Waals surface area contributed by atoms with Crippen molar-refractivity contribution in [3.05, 3.63) is 42.6 Å². The third-order valence-electron chi connectivity index (χ3n) is 2.81. The van der Waals surface area contributed by atoms with Gasteiger partial charge in [-0.15, -0.1) is 0 Å². The van der Waals surface area contributed by atoms with Crippen molar-refractivity contribution >= 4 is 0 Å². The van der Waals surface area contributed by atoms with Crippen LogP contribution in [0.3, 0.4) is 0 Å². The van der Waals surface area contributed by atoms with Gasteiger partial charge in [-0.2, -0.15) is 0 Å². The van der Waals surface area contributed by atoms with Gasteiger partial charge in [-0.3, -0.25) is 4.98 Å². The van der Waals surface area contributed by atoms with Crippen molar-refractivity contribution in [2.45, 2.75) is 25.4 Å². The van der Waals surface area contributed by atoms with Gasteiger partial charge < -0.3 is 5.32 Å². The third-order valence-corrected chi connectivity index (χ3v) is 2.81. The maximum absolute atomic E-state index is 4.54. The summed E-state index contributed by atoms with van der Waals surface area (Å²) < 4.78 is 0. The lowest BCUT2D eigenvalue weighted by atomic mass is 10.2. The van der Waals surface area contributed by atoms with Gasteiger partial charge in [-0.1, -0.05) is 0 Å². The van der Waals surface area contributed by atoms with E-state index in [2.05, 4.69) is 20.3 Å². The minimum atomic E-state index is 0.684. The van der Waals surface area contributed by atoms with E-state index < -0.39 is 0 Å². The van der Waals surface area contributed by atoms with Crippen molar-refractivity contribution in [1.29, 1.82) is 0 Å². The molecule has 0 aliphatic heterocycles. The molecule has 1 saturated carbocycles. The van der Waals surface area contributed by atoms with Crippen LogP contribution >= 0.6 is 0 Å². The second-order valence-electron chi connectivity index (χ2n) is 4.25. The molecule has 0 spiro atoms. The van der Waals surface area contributed by atoms with E-state index in [4.69, 9.17) is 0 Å². The van der Waals surface area contributed by atoms with Crippen molar-refractivity contribution < 1.29 is 0 Å². The molecule has 2 aromatic heterocycles. The lowest BCUT2D eigenvalue weighted by Gasteiger charge is -2.04. The number of pyridine rings is 1. The Kier molecular flexibility index (Phi) is 2.80. The van der Waals surface area contributed by atoms with Gasteiger partial charge in [-0.05, 0) is 31.0 Å². The fraction of sp³-hybridized carbons (Fsp3) is 0.308. The van der Waals surface area contributed by atoms with E-state index in [1.165, 1.54) is 12.8 Å². The van der Waals surface area contributed by atoms with Gasteiger partial charge in [-0.25, -0.2) is 9.97 Å². The predicted molar refractivity (Wildman–Crippen MR) is 65.1 cm³/mol. The molecule has 0 bridgehead atoms. The Morgan fingerprint density at radius 2 is 1.94 bits per heavy atom. The largest absolute Gasteiger partial charge is 0.307 e. The number of aromatic nitrogens is 3. The molecule has 1 aliphatic carbocycles. The normalized spacial score (nSPS) is 14.8. The lowest BCUT2D eigenvalue weighted by molar-refractivity contribution is 0.658. The third kappa shape index (κ3) is 2.65. The zero-order chi connectivity index (χ0) is 11.5. The molecule has 1 N–H and O–H groups in total. The molecule has 86 valence electrons. The average molecular weight is 226 g/mol. The van der Waals surface area contributed by atoms with Crippen LogP contribution in [0.25, 0.3) is 11.3 Å². The zero-order valence-corrected chi connectivity index (χ0v) is 9.50. The fourth-order valence-corrected chi connectivity index (χ4v) is 1.69. The summed E-state index contributed by atoms with van der Waals surface area (Å²) in [4.78, 5) is 12.8. The van der Waals surface area contributed by atoms with Gasteiger partial charge in [0, 0.05) is 30.2 Å². The molecule has 4 heteroatoms. The first-order valence-corrected chi connectivity index (χ1v) is 5.87. The maximum Gasteiger partial charge on any atom is 0.142 e.